The average molecular weight is 416 g/mol. The molecule has 31 heavy (non-hydrogen) atoms. The molecule has 1 aliphatic carbocycles. The molecule has 0 radical (unpaired) electrons. The predicted molar refractivity (Wildman–Crippen MR) is 122 cm³/mol. The molecule has 0 spiro atoms. The van der Waals surface area contributed by atoms with Crippen LogP contribution in [0.5, 0.6) is 0 Å². The van der Waals surface area contributed by atoms with E-state index in [1.165, 1.54) is 23.1 Å². The van der Waals surface area contributed by atoms with Crippen molar-refractivity contribution in [2.45, 2.75) is 45.6 Å². The molecular weight excluding hydrogens is 386 g/mol. The van der Waals surface area contributed by atoms with Gasteiger partial charge in [0.1, 0.15) is 0 Å². The summed E-state index contributed by atoms with van der Waals surface area (Å²) in [6, 6.07) is 13.6. The van der Waals surface area contributed by atoms with Crippen LogP contribution in [0, 0.1) is 5.92 Å². The van der Waals surface area contributed by atoms with E-state index in [4.69, 9.17) is 0 Å². The zero-order valence-electron chi connectivity index (χ0n) is 18.0. The van der Waals surface area contributed by atoms with Gasteiger partial charge in [0.2, 0.25) is 0 Å². The number of benzene rings is 2. The maximum atomic E-state index is 13.0. The maximum absolute atomic E-state index is 13.0. The van der Waals surface area contributed by atoms with Gasteiger partial charge in [0, 0.05) is 36.3 Å². The lowest BCUT2D eigenvalue weighted by Gasteiger charge is -2.17. The number of rotatable bonds is 4. The molecular formula is C26H29N3O2. The van der Waals surface area contributed by atoms with Crippen molar-refractivity contribution in [1.82, 2.24) is 15.2 Å². The smallest absolute Gasteiger partial charge is 0.253 e. The van der Waals surface area contributed by atoms with Crippen LogP contribution in [0.15, 0.2) is 42.5 Å². The zero-order valence-corrected chi connectivity index (χ0v) is 18.0. The minimum atomic E-state index is -0.0893. The molecule has 1 atom stereocenters. The van der Waals surface area contributed by atoms with Crippen LogP contribution in [-0.2, 0) is 19.4 Å². The minimum Gasteiger partial charge on any atom is -0.358 e. The molecule has 1 fully saturated rings. The van der Waals surface area contributed by atoms with Crippen molar-refractivity contribution in [1.29, 1.82) is 0 Å². The maximum Gasteiger partial charge on any atom is 0.253 e. The number of amides is 2. The second-order valence-corrected chi connectivity index (χ2v) is 9.04. The van der Waals surface area contributed by atoms with Gasteiger partial charge in [-0.2, -0.15) is 0 Å². The lowest BCUT2D eigenvalue weighted by Crippen LogP contribution is -2.28. The van der Waals surface area contributed by atoms with E-state index in [1.54, 1.807) is 0 Å². The molecule has 1 saturated heterocycles. The van der Waals surface area contributed by atoms with Gasteiger partial charge in [0.15, 0.2) is 0 Å². The minimum absolute atomic E-state index is 0.0849. The fraction of sp³-hybridized carbons (Fsp3) is 0.385. The van der Waals surface area contributed by atoms with Gasteiger partial charge in [-0.25, -0.2) is 0 Å². The fourth-order valence-electron chi connectivity index (χ4n) is 5.00. The summed E-state index contributed by atoms with van der Waals surface area (Å²) in [4.78, 5) is 31.1. The number of carbonyl (C=O) groups is 2. The third kappa shape index (κ3) is 3.85. The highest BCUT2D eigenvalue weighted by molar-refractivity contribution is 6.06. The van der Waals surface area contributed by atoms with E-state index in [9.17, 15) is 9.59 Å². The normalized spacial score (nSPS) is 18.2. The van der Waals surface area contributed by atoms with Crippen molar-refractivity contribution in [3.05, 3.63) is 70.4 Å². The number of aromatic nitrogens is 1. The molecule has 2 amide bonds. The second-order valence-electron chi connectivity index (χ2n) is 9.04. The number of likely N-dealkylation sites (tertiary alicyclic amines) is 1. The van der Waals surface area contributed by atoms with Gasteiger partial charge in [-0.1, -0.05) is 31.2 Å². The molecule has 1 aromatic heterocycles. The number of fused-ring (bicyclic) bond motifs is 3. The number of aromatic amines is 1. The van der Waals surface area contributed by atoms with Crippen LogP contribution in [0.1, 0.15) is 63.7 Å². The number of nitrogens with one attached hydrogen (secondary N) is 2. The summed E-state index contributed by atoms with van der Waals surface area (Å²) in [7, 11) is 0. The van der Waals surface area contributed by atoms with E-state index in [-0.39, 0.29) is 11.8 Å². The molecule has 1 aliphatic heterocycles. The Kier molecular flexibility index (Phi) is 5.26. The van der Waals surface area contributed by atoms with Gasteiger partial charge < -0.3 is 15.2 Å². The summed E-state index contributed by atoms with van der Waals surface area (Å²) < 4.78 is 0. The Morgan fingerprint density at radius 3 is 2.77 bits per heavy atom. The summed E-state index contributed by atoms with van der Waals surface area (Å²) in [6.45, 7) is 4.36. The number of H-pyrrole nitrogens is 1. The first-order valence-electron chi connectivity index (χ1n) is 11.4. The van der Waals surface area contributed by atoms with Crippen LogP contribution < -0.4 is 5.32 Å². The van der Waals surface area contributed by atoms with Crippen LogP contribution in [0.2, 0.25) is 0 Å². The summed E-state index contributed by atoms with van der Waals surface area (Å²) in [5.74, 6) is 0.676. The molecule has 2 aliphatic rings. The Morgan fingerprint density at radius 1 is 1.13 bits per heavy atom. The molecule has 0 saturated carbocycles. The first kappa shape index (κ1) is 19.9. The Balaban J connectivity index is 1.33. The van der Waals surface area contributed by atoms with E-state index in [0.717, 1.165) is 49.9 Å². The summed E-state index contributed by atoms with van der Waals surface area (Å²) in [5.41, 5.74) is 5.91. The monoisotopic (exact) mass is 415 g/mol. The molecule has 5 rings (SSSR count). The Labute approximate surface area is 182 Å². The molecule has 3 aromatic rings. The molecule has 2 N–H and O–H groups in total. The second kappa shape index (κ2) is 8.22. The van der Waals surface area contributed by atoms with Crippen molar-refractivity contribution in [2.75, 3.05) is 13.1 Å². The number of aryl methyl sites for hydroxylation is 1. The fourth-order valence-corrected chi connectivity index (χ4v) is 5.00. The number of para-hydroxylation sites is 1. The van der Waals surface area contributed by atoms with Crippen LogP contribution in [0.4, 0.5) is 0 Å². The quantitative estimate of drug-likeness (QED) is 0.661. The van der Waals surface area contributed by atoms with E-state index >= 15 is 0 Å². The lowest BCUT2D eigenvalue weighted by atomic mass is 9.87. The summed E-state index contributed by atoms with van der Waals surface area (Å²) in [6.07, 6.45) is 5.46. The highest BCUT2D eigenvalue weighted by Gasteiger charge is 2.23. The van der Waals surface area contributed by atoms with Gasteiger partial charge in [0.05, 0.1) is 11.1 Å². The predicted octanol–water partition coefficient (Wildman–Crippen LogP) is 4.46. The Hall–Kier alpha value is -3.08. The number of nitrogens with zero attached hydrogens (tertiary/aromatic N) is 1. The van der Waals surface area contributed by atoms with Gasteiger partial charge in [0.25, 0.3) is 11.8 Å². The Bertz CT molecular complexity index is 1140. The number of hydrogen-bond acceptors (Lipinski definition) is 2. The molecule has 160 valence electrons. The topological polar surface area (TPSA) is 65.2 Å². The van der Waals surface area contributed by atoms with E-state index in [0.29, 0.717) is 23.6 Å². The molecule has 5 nitrogen and oxygen atoms in total. The van der Waals surface area contributed by atoms with Crippen molar-refractivity contribution in [3.8, 4) is 0 Å². The van der Waals surface area contributed by atoms with Crippen molar-refractivity contribution in [3.63, 3.8) is 0 Å². The third-order valence-electron chi connectivity index (χ3n) is 6.73. The zero-order chi connectivity index (χ0) is 21.4. The number of hydrogen-bond donors (Lipinski definition) is 2. The first-order valence-corrected chi connectivity index (χ1v) is 11.4. The summed E-state index contributed by atoms with van der Waals surface area (Å²) in [5, 5.41) is 4.22. The van der Waals surface area contributed by atoms with Crippen LogP contribution >= 0.6 is 0 Å². The summed E-state index contributed by atoms with van der Waals surface area (Å²) >= 11 is 0. The van der Waals surface area contributed by atoms with Gasteiger partial charge in [-0.05, 0) is 67.3 Å². The van der Waals surface area contributed by atoms with Crippen LogP contribution in [-0.4, -0.2) is 34.8 Å². The third-order valence-corrected chi connectivity index (χ3v) is 6.73. The van der Waals surface area contributed by atoms with Crippen molar-refractivity contribution >= 4 is 22.7 Å². The van der Waals surface area contributed by atoms with E-state index < -0.39 is 0 Å². The van der Waals surface area contributed by atoms with E-state index in [1.807, 2.05) is 41.3 Å². The van der Waals surface area contributed by atoms with Gasteiger partial charge in [-0.3, -0.25) is 9.59 Å². The van der Waals surface area contributed by atoms with Crippen LogP contribution in [0.3, 0.4) is 0 Å². The molecule has 1 unspecified atom stereocenters. The molecule has 2 heterocycles. The van der Waals surface area contributed by atoms with Crippen molar-refractivity contribution in [2.24, 2.45) is 5.92 Å². The molecule has 2 aromatic carbocycles. The van der Waals surface area contributed by atoms with Crippen LogP contribution in [0.25, 0.3) is 10.9 Å². The lowest BCUT2D eigenvalue weighted by molar-refractivity contribution is 0.0792. The van der Waals surface area contributed by atoms with Crippen molar-refractivity contribution < 1.29 is 9.59 Å². The van der Waals surface area contributed by atoms with E-state index in [2.05, 4.69) is 23.3 Å². The standard InChI is InChI=1S/C26H29N3O2/c1-17-10-11-23-22(14-17)20-8-5-9-21(24(20)28-23)25(30)27-16-18-6-4-7-19(15-18)26(31)29-12-2-3-13-29/h4-9,15,17,28H,2-3,10-14,16H2,1H3,(H,27,30). The first-order chi connectivity index (χ1) is 15.1. The highest BCUT2D eigenvalue weighted by Crippen LogP contribution is 2.33. The van der Waals surface area contributed by atoms with Gasteiger partial charge in [-0.15, -0.1) is 0 Å². The number of carbonyl (C=O) groups excluding carboxylic acids is 2. The Morgan fingerprint density at radius 2 is 1.94 bits per heavy atom. The average Bonchev–Trinajstić information content (AvgIpc) is 3.45. The highest BCUT2D eigenvalue weighted by atomic mass is 16.2. The largest absolute Gasteiger partial charge is 0.358 e. The van der Waals surface area contributed by atoms with Gasteiger partial charge >= 0.3 is 0 Å². The molecule has 5 heteroatoms. The SMILES string of the molecule is CC1CCc2[nH]c3c(C(=O)NCc4cccc(C(=O)N5CCCC5)c4)cccc3c2C1. The molecule has 0 bridgehead atoms.